The van der Waals surface area contributed by atoms with E-state index in [9.17, 15) is 4.79 Å². The molecule has 1 heterocycles. The number of benzene rings is 1. The number of hydrogen-bond acceptors (Lipinski definition) is 3. The van der Waals surface area contributed by atoms with Crippen molar-refractivity contribution in [3.63, 3.8) is 0 Å². The Kier molecular flexibility index (Phi) is 4.98. The highest BCUT2D eigenvalue weighted by Gasteiger charge is 2.15. The zero-order valence-electron chi connectivity index (χ0n) is 12.4. The van der Waals surface area contributed by atoms with Gasteiger partial charge in [0.05, 0.1) is 10.7 Å². The van der Waals surface area contributed by atoms with Crippen molar-refractivity contribution in [1.29, 1.82) is 0 Å². The molecule has 0 aliphatic carbocycles. The van der Waals surface area contributed by atoms with E-state index in [1.165, 1.54) is 4.90 Å². The molecule has 0 aliphatic rings. The van der Waals surface area contributed by atoms with Gasteiger partial charge in [-0.1, -0.05) is 30.7 Å². The Bertz CT molecular complexity index is 636. The van der Waals surface area contributed by atoms with Gasteiger partial charge in [0.1, 0.15) is 0 Å². The number of hydrogen-bond donors (Lipinski definition) is 1. The fraction of sp³-hybridized carbons (Fsp3) is 0.333. The van der Waals surface area contributed by atoms with Crippen LogP contribution in [-0.4, -0.2) is 41.2 Å². The number of nitrogens with zero attached hydrogens (tertiary/aromatic N) is 3. The van der Waals surface area contributed by atoms with Crippen LogP contribution in [0.4, 0.5) is 0 Å². The van der Waals surface area contributed by atoms with Gasteiger partial charge in [0.15, 0.2) is 5.69 Å². The first-order chi connectivity index (χ1) is 10.0. The Balaban J connectivity index is 2.40. The third kappa shape index (κ3) is 3.43. The Labute approximate surface area is 129 Å². The number of carbonyl (C=O) groups is 1. The van der Waals surface area contributed by atoms with Gasteiger partial charge in [-0.25, -0.2) is 4.68 Å². The third-order valence-electron chi connectivity index (χ3n) is 3.08. The maximum atomic E-state index is 11.9. The van der Waals surface area contributed by atoms with E-state index >= 15 is 0 Å². The minimum atomic E-state index is -0.131. The largest absolute Gasteiger partial charge is 0.343 e. The van der Waals surface area contributed by atoms with Crippen molar-refractivity contribution in [3.05, 3.63) is 46.7 Å². The molecule has 2 aromatic rings. The summed E-state index contributed by atoms with van der Waals surface area (Å²) in [6, 6.07) is 7.43. The van der Waals surface area contributed by atoms with Gasteiger partial charge < -0.3 is 10.2 Å². The highest BCUT2D eigenvalue weighted by Crippen LogP contribution is 2.24. The topological polar surface area (TPSA) is 50.2 Å². The van der Waals surface area contributed by atoms with Crippen LogP contribution in [0.2, 0.25) is 5.02 Å². The Morgan fingerprint density at radius 3 is 2.81 bits per heavy atom. The molecule has 1 aromatic heterocycles. The molecule has 0 saturated carbocycles. The zero-order chi connectivity index (χ0) is 15.4. The van der Waals surface area contributed by atoms with Crippen LogP contribution in [0.25, 0.3) is 5.69 Å². The van der Waals surface area contributed by atoms with E-state index in [0.29, 0.717) is 17.3 Å². The molecule has 6 heteroatoms. The Morgan fingerprint density at radius 1 is 1.38 bits per heavy atom. The molecule has 0 bridgehead atoms. The molecule has 21 heavy (non-hydrogen) atoms. The van der Waals surface area contributed by atoms with Crippen LogP contribution in [0.15, 0.2) is 30.5 Å². The Hall–Kier alpha value is -1.85. The second kappa shape index (κ2) is 6.74. The van der Waals surface area contributed by atoms with E-state index < -0.39 is 0 Å². The maximum Gasteiger partial charge on any atom is 0.273 e. The molecule has 0 saturated heterocycles. The van der Waals surface area contributed by atoms with Gasteiger partial charge in [-0.3, -0.25) is 4.79 Å². The van der Waals surface area contributed by atoms with Crippen LogP contribution < -0.4 is 5.32 Å². The fourth-order valence-corrected chi connectivity index (χ4v) is 2.29. The molecule has 0 fully saturated rings. The van der Waals surface area contributed by atoms with Crippen molar-refractivity contribution in [2.45, 2.75) is 13.5 Å². The normalized spacial score (nSPS) is 10.7. The monoisotopic (exact) mass is 306 g/mol. The molecule has 5 nitrogen and oxygen atoms in total. The lowest BCUT2D eigenvalue weighted by Crippen LogP contribution is -2.22. The van der Waals surface area contributed by atoms with E-state index in [1.807, 2.05) is 25.1 Å². The van der Waals surface area contributed by atoms with E-state index in [-0.39, 0.29) is 5.91 Å². The molecule has 1 amide bonds. The number of amides is 1. The SMILES string of the molecule is CCNCc1cccc(Cl)c1-n1ccc(C(=O)N(C)C)n1. The third-order valence-corrected chi connectivity index (χ3v) is 3.38. The number of nitrogens with one attached hydrogen (secondary N) is 1. The van der Waals surface area contributed by atoms with E-state index in [1.54, 1.807) is 31.0 Å². The van der Waals surface area contributed by atoms with Crippen LogP contribution >= 0.6 is 11.6 Å². The van der Waals surface area contributed by atoms with Gasteiger partial charge in [-0.2, -0.15) is 5.10 Å². The van der Waals surface area contributed by atoms with E-state index in [0.717, 1.165) is 17.8 Å². The first-order valence-corrected chi connectivity index (χ1v) is 7.18. The quantitative estimate of drug-likeness (QED) is 0.922. The Morgan fingerprint density at radius 2 is 2.14 bits per heavy atom. The van der Waals surface area contributed by atoms with Crippen molar-refractivity contribution < 1.29 is 4.79 Å². The van der Waals surface area contributed by atoms with Gasteiger partial charge in [-0.15, -0.1) is 0 Å². The number of halogens is 1. The summed E-state index contributed by atoms with van der Waals surface area (Å²) in [4.78, 5) is 13.4. The minimum Gasteiger partial charge on any atom is -0.343 e. The van der Waals surface area contributed by atoms with E-state index in [2.05, 4.69) is 10.4 Å². The number of aromatic nitrogens is 2. The molecular formula is C15H19ClN4O. The summed E-state index contributed by atoms with van der Waals surface area (Å²) in [5, 5.41) is 8.23. The smallest absolute Gasteiger partial charge is 0.273 e. The highest BCUT2D eigenvalue weighted by molar-refractivity contribution is 6.32. The van der Waals surface area contributed by atoms with Gasteiger partial charge in [0.25, 0.3) is 5.91 Å². The van der Waals surface area contributed by atoms with Gasteiger partial charge in [0, 0.05) is 26.8 Å². The van der Waals surface area contributed by atoms with Crippen LogP contribution in [-0.2, 0) is 6.54 Å². The zero-order valence-corrected chi connectivity index (χ0v) is 13.2. The van der Waals surface area contributed by atoms with Crippen LogP contribution in [0, 0.1) is 0 Å². The standard InChI is InChI=1S/C15H19ClN4O/c1-4-17-10-11-6-5-7-12(16)14(11)20-9-8-13(18-20)15(21)19(2)3/h5-9,17H,4,10H2,1-3H3. The molecule has 2 rings (SSSR count). The van der Waals surface area contributed by atoms with Crippen LogP contribution in [0.3, 0.4) is 0 Å². The lowest BCUT2D eigenvalue weighted by molar-refractivity contribution is 0.0821. The summed E-state index contributed by atoms with van der Waals surface area (Å²) in [5.74, 6) is -0.131. The molecule has 0 aliphatic heterocycles. The summed E-state index contributed by atoms with van der Waals surface area (Å²) in [5.41, 5.74) is 2.24. The summed E-state index contributed by atoms with van der Waals surface area (Å²) in [6.07, 6.45) is 1.76. The summed E-state index contributed by atoms with van der Waals surface area (Å²) >= 11 is 6.31. The minimum absolute atomic E-state index is 0.131. The molecular weight excluding hydrogens is 288 g/mol. The van der Waals surface area contributed by atoms with Crippen molar-refractivity contribution in [1.82, 2.24) is 20.0 Å². The van der Waals surface area contributed by atoms with Crippen molar-refractivity contribution in [2.75, 3.05) is 20.6 Å². The summed E-state index contributed by atoms with van der Waals surface area (Å²) in [6.45, 7) is 3.62. The molecule has 0 radical (unpaired) electrons. The molecule has 0 atom stereocenters. The van der Waals surface area contributed by atoms with Gasteiger partial charge >= 0.3 is 0 Å². The highest BCUT2D eigenvalue weighted by atomic mass is 35.5. The first kappa shape index (κ1) is 15.5. The molecule has 0 spiro atoms. The lowest BCUT2D eigenvalue weighted by Gasteiger charge is -2.12. The van der Waals surface area contributed by atoms with E-state index in [4.69, 9.17) is 11.6 Å². The van der Waals surface area contributed by atoms with Crippen molar-refractivity contribution >= 4 is 17.5 Å². The molecule has 0 unspecified atom stereocenters. The number of rotatable bonds is 5. The second-order valence-corrected chi connectivity index (χ2v) is 5.28. The second-order valence-electron chi connectivity index (χ2n) is 4.87. The maximum absolute atomic E-state index is 11.9. The van der Waals surface area contributed by atoms with Crippen molar-refractivity contribution in [2.24, 2.45) is 0 Å². The predicted octanol–water partition coefficient (Wildman–Crippen LogP) is 2.34. The summed E-state index contributed by atoms with van der Waals surface area (Å²) < 4.78 is 1.66. The van der Waals surface area contributed by atoms with Crippen LogP contribution in [0.1, 0.15) is 23.0 Å². The first-order valence-electron chi connectivity index (χ1n) is 6.80. The average Bonchev–Trinajstić information content (AvgIpc) is 2.93. The molecule has 1 N–H and O–H groups in total. The average molecular weight is 307 g/mol. The van der Waals surface area contributed by atoms with Crippen LogP contribution in [0.5, 0.6) is 0 Å². The number of carbonyl (C=O) groups excluding carboxylic acids is 1. The fourth-order valence-electron chi connectivity index (χ4n) is 2.01. The summed E-state index contributed by atoms with van der Waals surface area (Å²) in [7, 11) is 3.40. The number of para-hydroxylation sites is 1. The molecule has 1 aromatic carbocycles. The van der Waals surface area contributed by atoms with Gasteiger partial charge in [-0.05, 0) is 24.2 Å². The predicted molar refractivity (Wildman–Crippen MR) is 84.0 cm³/mol. The molecule has 112 valence electrons. The lowest BCUT2D eigenvalue weighted by atomic mass is 10.1. The van der Waals surface area contributed by atoms with Gasteiger partial charge in [0.2, 0.25) is 0 Å². The van der Waals surface area contributed by atoms with Crippen molar-refractivity contribution in [3.8, 4) is 5.69 Å².